The van der Waals surface area contributed by atoms with E-state index >= 15 is 0 Å². The monoisotopic (exact) mass is 320 g/mol. The lowest BCUT2D eigenvalue weighted by atomic mass is 10.2. The Labute approximate surface area is 130 Å². The van der Waals surface area contributed by atoms with Crippen molar-refractivity contribution < 1.29 is 8.42 Å². The third-order valence-corrected chi connectivity index (χ3v) is 5.98. The van der Waals surface area contributed by atoms with Crippen LogP contribution >= 0.6 is 0 Å². The number of para-hydroxylation sites is 1. The highest BCUT2D eigenvalue weighted by Crippen LogP contribution is 2.30. The first kappa shape index (κ1) is 15.1. The lowest BCUT2D eigenvalue weighted by Gasteiger charge is -2.25. The number of nitrogens with zero attached hydrogens (tertiary/aromatic N) is 3. The number of anilines is 1. The Kier molecular flexibility index (Phi) is 3.70. The fourth-order valence-electron chi connectivity index (χ4n) is 2.68. The highest BCUT2D eigenvalue weighted by Gasteiger charge is 2.32. The van der Waals surface area contributed by atoms with Crippen LogP contribution in [-0.4, -0.2) is 30.8 Å². The molecule has 0 fully saturated rings. The molecule has 2 aromatic rings. The fraction of sp³-hybridized carbons (Fsp3) is 0.400. The van der Waals surface area contributed by atoms with Crippen LogP contribution in [0.4, 0.5) is 5.69 Å². The van der Waals surface area contributed by atoms with E-state index in [-0.39, 0.29) is 10.9 Å². The summed E-state index contributed by atoms with van der Waals surface area (Å²) in [7, 11) is -1.89. The molecule has 1 aliphatic heterocycles. The summed E-state index contributed by atoms with van der Waals surface area (Å²) in [6.45, 7) is 4.82. The number of rotatable bonds is 2. The molecular weight excluding hydrogens is 300 g/mol. The minimum absolute atomic E-state index is 0.0687. The zero-order chi connectivity index (χ0) is 15.9. The minimum Gasteiger partial charge on any atom is -0.308 e. The molecule has 1 aromatic carbocycles. The molecule has 1 N–H and O–H groups in total. The summed E-state index contributed by atoms with van der Waals surface area (Å²) in [5.41, 5.74) is 2.36. The molecule has 6 nitrogen and oxygen atoms in total. The van der Waals surface area contributed by atoms with Gasteiger partial charge in [0.25, 0.3) is 10.0 Å². The molecule has 0 radical (unpaired) electrons. The smallest absolute Gasteiger partial charge is 0.267 e. The summed E-state index contributed by atoms with van der Waals surface area (Å²) in [6, 6.07) is 7.68. The van der Waals surface area contributed by atoms with Crippen LogP contribution in [0.25, 0.3) is 0 Å². The van der Waals surface area contributed by atoms with Gasteiger partial charge in [0.05, 0.1) is 17.6 Å². The van der Waals surface area contributed by atoms with Gasteiger partial charge in [-0.05, 0) is 25.5 Å². The number of sulfonamides is 1. The highest BCUT2D eigenvalue weighted by atomic mass is 32.2. The van der Waals surface area contributed by atoms with Gasteiger partial charge in [0, 0.05) is 26.2 Å². The summed E-state index contributed by atoms with van der Waals surface area (Å²) in [6.07, 6.45) is 1.43. The molecule has 0 bridgehead atoms. The fourth-order valence-corrected chi connectivity index (χ4v) is 4.46. The van der Waals surface area contributed by atoms with Gasteiger partial charge in [0.2, 0.25) is 0 Å². The van der Waals surface area contributed by atoms with Gasteiger partial charge in [-0.1, -0.05) is 18.2 Å². The zero-order valence-electron chi connectivity index (χ0n) is 12.9. The maximum atomic E-state index is 13.1. The van der Waals surface area contributed by atoms with Crippen molar-refractivity contribution in [2.75, 3.05) is 10.8 Å². The van der Waals surface area contributed by atoms with Crippen molar-refractivity contribution in [3.63, 3.8) is 0 Å². The number of benzene rings is 1. The lowest BCUT2D eigenvalue weighted by Crippen LogP contribution is -2.39. The average molecular weight is 320 g/mol. The van der Waals surface area contributed by atoms with E-state index in [9.17, 15) is 8.42 Å². The van der Waals surface area contributed by atoms with E-state index < -0.39 is 10.0 Å². The summed E-state index contributed by atoms with van der Waals surface area (Å²) >= 11 is 0. The molecular formula is C15H20N4O2S. The van der Waals surface area contributed by atoms with E-state index in [1.54, 1.807) is 18.7 Å². The standard InChI is InChI=1S/C15H20N4O2S/c1-11-10-19(14-7-5-4-6-13(14)8-16-11)22(20,21)15-9-17-18(3)12(15)2/h4-7,9,11,16H,8,10H2,1-3H3. The first-order valence-electron chi connectivity index (χ1n) is 7.24. The number of fused-ring (bicyclic) bond motifs is 1. The molecule has 2 heterocycles. The minimum atomic E-state index is -3.63. The van der Waals surface area contributed by atoms with Crippen molar-refractivity contribution in [3.05, 3.63) is 41.7 Å². The van der Waals surface area contributed by atoms with E-state index in [1.165, 1.54) is 10.5 Å². The van der Waals surface area contributed by atoms with Crippen molar-refractivity contribution in [2.24, 2.45) is 7.05 Å². The summed E-state index contributed by atoms with van der Waals surface area (Å²) in [4.78, 5) is 0.263. The van der Waals surface area contributed by atoms with E-state index in [2.05, 4.69) is 10.4 Å². The Morgan fingerprint density at radius 3 is 2.73 bits per heavy atom. The highest BCUT2D eigenvalue weighted by molar-refractivity contribution is 7.92. The van der Waals surface area contributed by atoms with Crippen LogP contribution in [0, 0.1) is 6.92 Å². The molecule has 1 atom stereocenters. The van der Waals surface area contributed by atoms with E-state index in [1.807, 2.05) is 31.2 Å². The first-order valence-corrected chi connectivity index (χ1v) is 8.68. The average Bonchev–Trinajstić information content (AvgIpc) is 2.73. The third-order valence-electron chi connectivity index (χ3n) is 4.10. The van der Waals surface area contributed by atoms with Crippen LogP contribution in [0.5, 0.6) is 0 Å². The van der Waals surface area contributed by atoms with E-state index in [4.69, 9.17) is 0 Å². The van der Waals surface area contributed by atoms with Crippen molar-refractivity contribution in [1.29, 1.82) is 0 Å². The van der Waals surface area contributed by atoms with Crippen LogP contribution < -0.4 is 9.62 Å². The van der Waals surface area contributed by atoms with Crippen LogP contribution in [-0.2, 0) is 23.6 Å². The SMILES string of the molecule is Cc1c(S(=O)(=O)N2CC(C)NCc3ccccc32)cnn1C. The molecule has 0 saturated heterocycles. The summed E-state index contributed by atoms with van der Waals surface area (Å²) < 4.78 is 29.3. The molecule has 0 spiro atoms. The van der Waals surface area contributed by atoms with Crippen LogP contribution in [0.1, 0.15) is 18.2 Å². The summed E-state index contributed by atoms with van der Waals surface area (Å²) in [5.74, 6) is 0. The largest absolute Gasteiger partial charge is 0.308 e. The topological polar surface area (TPSA) is 67.2 Å². The maximum Gasteiger partial charge on any atom is 0.267 e. The molecule has 0 aliphatic carbocycles. The van der Waals surface area contributed by atoms with Crippen molar-refractivity contribution in [1.82, 2.24) is 15.1 Å². The van der Waals surface area contributed by atoms with Gasteiger partial charge in [-0.2, -0.15) is 5.10 Å². The Bertz CT molecular complexity index is 798. The van der Waals surface area contributed by atoms with Crippen molar-refractivity contribution >= 4 is 15.7 Å². The zero-order valence-corrected chi connectivity index (χ0v) is 13.8. The predicted octanol–water partition coefficient (Wildman–Crippen LogP) is 1.42. The molecule has 22 heavy (non-hydrogen) atoms. The van der Waals surface area contributed by atoms with Crippen LogP contribution in [0.2, 0.25) is 0 Å². The molecule has 0 saturated carbocycles. The van der Waals surface area contributed by atoms with E-state index in [0.717, 1.165) is 11.3 Å². The molecule has 1 aromatic heterocycles. The maximum absolute atomic E-state index is 13.1. The van der Waals surface area contributed by atoms with Crippen molar-refractivity contribution in [2.45, 2.75) is 31.3 Å². The Hall–Kier alpha value is -1.86. The molecule has 118 valence electrons. The predicted molar refractivity (Wildman–Crippen MR) is 85.2 cm³/mol. The van der Waals surface area contributed by atoms with Gasteiger partial charge in [0.1, 0.15) is 4.90 Å². The molecule has 7 heteroatoms. The second kappa shape index (κ2) is 5.40. The van der Waals surface area contributed by atoms with Crippen LogP contribution in [0.3, 0.4) is 0 Å². The van der Waals surface area contributed by atoms with E-state index in [0.29, 0.717) is 18.8 Å². The normalized spacial score (nSPS) is 18.9. The third kappa shape index (κ3) is 2.40. The molecule has 3 rings (SSSR count). The van der Waals surface area contributed by atoms with Gasteiger partial charge < -0.3 is 5.32 Å². The van der Waals surface area contributed by atoms with Gasteiger partial charge in [-0.3, -0.25) is 8.99 Å². The quantitative estimate of drug-likeness (QED) is 0.909. The van der Waals surface area contributed by atoms with Crippen molar-refractivity contribution in [3.8, 4) is 0 Å². The molecule has 0 amide bonds. The Balaban J connectivity index is 2.15. The molecule has 1 unspecified atom stereocenters. The summed E-state index contributed by atoms with van der Waals surface area (Å²) in [5, 5.41) is 7.42. The number of aromatic nitrogens is 2. The second-order valence-electron chi connectivity index (χ2n) is 5.66. The second-order valence-corrected chi connectivity index (χ2v) is 7.50. The number of nitrogens with one attached hydrogen (secondary N) is 1. The number of hydrogen-bond acceptors (Lipinski definition) is 4. The number of aryl methyl sites for hydroxylation is 1. The molecule has 1 aliphatic rings. The van der Waals surface area contributed by atoms with Crippen LogP contribution in [0.15, 0.2) is 35.4 Å². The first-order chi connectivity index (χ1) is 10.4. The Morgan fingerprint density at radius 2 is 2.05 bits per heavy atom. The Morgan fingerprint density at radius 1 is 1.32 bits per heavy atom. The van der Waals surface area contributed by atoms with Gasteiger partial charge in [-0.15, -0.1) is 0 Å². The lowest BCUT2D eigenvalue weighted by molar-refractivity contribution is 0.555. The van der Waals surface area contributed by atoms with Gasteiger partial charge in [0.15, 0.2) is 0 Å². The van der Waals surface area contributed by atoms with Gasteiger partial charge in [-0.25, -0.2) is 8.42 Å². The van der Waals surface area contributed by atoms with Gasteiger partial charge >= 0.3 is 0 Å². The number of hydrogen-bond donors (Lipinski definition) is 1.